The highest BCUT2D eigenvalue weighted by atomic mass is 16.3. The number of fused-ring (bicyclic) bond motifs is 1. The van der Waals surface area contributed by atoms with Crippen LogP contribution in [0, 0.1) is 11.8 Å². The molecule has 2 fully saturated rings. The molecule has 0 aromatic carbocycles. The molecule has 1 aliphatic carbocycles. The maximum absolute atomic E-state index is 9.26. The van der Waals surface area contributed by atoms with Crippen molar-refractivity contribution in [1.82, 2.24) is 4.90 Å². The minimum atomic E-state index is 0.237. The van der Waals surface area contributed by atoms with Gasteiger partial charge in [-0.1, -0.05) is 0 Å². The van der Waals surface area contributed by atoms with E-state index in [9.17, 15) is 5.11 Å². The Morgan fingerprint density at radius 2 is 2.08 bits per heavy atom. The highest BCUT2D eigenvalue weighted by Crippen LogP contribution is 2.51. The Morgan fingerprint density at radius 1 is 1.42 bits per heavy atom. The van der Waals surface area contributed by atoms with Crippen LogP contribution in [0.5, 0.6) is 0 Å². The summed E-state index contributed by atoms with van der Waals surface area (Å²) in [6, 6.07) is 0.454. The van der Waals surface area contributed by atoms with Gasteiger partial charge in [-0.3, -0.25) is 4.90 Å². The van der Waals surface area contributed by atoms with Crippen LogP contribution in [-0.2, 0) is 0 Å². The van der Waals surface area contributed by atoms with Gasteiger partial charge in [-0.25, -0.2) is 0 Å². The molecule has 1 aliphatic heterocycles. The minimum absolute atomic E-state index is 0.237. The number of piperidine rings is 1. The normalized spacial score (nSPS) is 41.5. The fraction of sp³-hybridized carbons (Fsp3) is 1.00. The van der Waals surface area contributed by atoms with Gasteiger partial charge >= 0.3 is 0 Å². The van der Waals surface area contributed by atoms with Crippen molar-refractivity contribution in [1.29, 1.82) is 0 Å². The second-order valence-corrected chi connectivity index (χ2v) is 5.23. The molecule has 3 atom stereocenters. The molecule has 12 heavy (non-hydrogen) atoms. The molecule has 1 saturated carbocycles. The molecule has 70 valence electrons. The maximum Gasteiger partial charge on any atom is 0.0589 e. The Labute approximate surface area is 74.6 Å². The number of aliphatic hydroxyl groups excluding tert-OH is 1. The molecule has 2 rings (SSSR count). The zero-order chi connectivity index (χ0) is 8.93. The summed E-state index contributed by atoms with van der Waals surface area (Å²) in [4.78, 5) is 2.46. The lowest BCUT2D eigenvalue weighted by atomic mass is 10.0. The third kappa shape index (κ3) is 1.17. The molecular formula is C10H19NO. The van der Waals surface area contributed by atoms with Crippen LogP contribution in [0.25, 0.3) is 0 Å². The van der Waals surface area contributed by atoms with Crippen molar-refractivity contribution in [3.05, 3.63) is 0 Å². The van der Waals surface area contributed by atoms with Crippen molar-refractivity contribution in [2.75, 3.05) is 13.2 Å². The lowest BCUT2D eigenvalue weighted by Crippen LogP contribution is -2.48. The Kier molecular flexibility index (Phi) is 1.74. The number of nitrogens with zero attached hydrogens (tertiary/aromatic N) is 1. The van der Waals surface area contributed by atoms with E-state index < -0.39 is 0 Å². The molecular weight excluding hydrogens is 150 g/mol. The number of aliphatic hydroxyl groups is 1. The molecule has 2 aliphatic rings. The zero-order valence-electron chi connectivity index (χ0n) is 8.25. The van der Waals surface area contributed by atoms with Crippen molar-refractivity contribution in [2.24, 2.45) is 11.8 Å². The summed E-state index contributed by atoms with van der Waals surface area (Å²) in [5.41, 5.74) is 0.237. The first kappa shape index (κ1) is 8.52. The summed E-state index contributed by atoms with van der Waals surface area (Å²) in [5, 5.41) is 9.26. The molecule has 0 radical (unpaired) electrons. The molecule has 2 heteroatoms. The van der Waals surface area contributed by atoms with E-state index in [0.29, 0.717) is 12.6 Å². The lowest BCUT2D eigenvalue weighted by Gasteiger charge is -2.38. The van der Waals surface area contributed by atoms with E-state index in [1.165, 1.54) is 13.0 Å². The van der Waals surface area contributed by atoms with Gasteiger partial charge in [0.25, 0.3) is 0 Å². The van der Waals surface area contributed by atoms with Gasteiger partial charge in [-0.05, 0) is 39.0 Å². The third-order valence-electron chi connectivity index (χ3n) is 3.35. The Morgan fingerprint density at radius 3 is 2.50 bits per heavy atom. The smallest absolute Gasteiger partial charge is 0.0589 e. The molecule has 0 aromatic rings. The van der Waals surface area contributed by atoms with Gasteiger partial charge in [0.2, 0.25) is 0 Å². The number of hydrogen-bond acceptors (Lipinski definition) is 2. The first-order valence-corrected chi connectivity index (χ1v) is 4.91. The Hall–Kier alpha value is -0.0800. The van der Waals surface area contributed by atoms with Gasteiger partial charge in [0.1, 0.15) is 0 Å². The predicted octanol–water partition coefficient (Wildman–Crippen LogP) is 1.10. The largest absolute Gasteiger partial charge is 0.395 e. The van der Waals surface area contributed by atoms with Crippen LogP contribution in [0.1, 0.15) is 27.2 Å². The summed E-state index contributed by atoms with van der Waals surface area (Å²) in [7, 11) is 0. The van der Waals surface area contributed by atoms with Crippen LogP contribution in [0.15, 0.2) is 0 Å². The summed E-state index contributed by atoms with van der Waals surface area (Å²) < 4.78 is 0. The second-order valence-electron chi connectivity index (χ2n) is 5.23. The number of likely N-dealkylation sites (tertiary alicyclic amines) is 1. The van der Waals surface area contributed by atoms with Crippen molar-refractivity contribution >= 4 is 0 Å². The fourth-order valence-corrected chi connectivity index (χ4v) is 2.58. The third-order valence-corrected chi connectivity index (χ3v) is 3.35. The molecule has 1 N–H and O–H groups in total. The van der Waals surface area contributed by atoms with Gasteiger partial charge in [0, 0.05) is 18.1 Å². The molecule has 0 amide bonds. The molecule has 1 saturated heterocycles. The van der Waals surface area contributed by atoms with E-state index >= 15 is 0 Å². The van der Waals surface area contributed by atoms with Crippen molar-refractivity contribution in [2.45, 2.75) is 38.8 Å². The monoisotopic (exact) mass is 169 g/mol. The number of hydrogen-bond donors (Lipinski definition) is 1. The van der Waals surface area contributed by atoms with E-state index in [0.717, 1.165) is 11.8 Å². The van der Waals surface area contributed by atoms with E-state index in [-0.39, 0.29) is 5.54 Å². The molecule has 0 bridgehead atoms. The molecule has 0 aromatic heterocycles. The summed E-state index contributed by atoms with van der Waals surface area (Å²) in [6.07, 6.45) is 1.36. The first-order chi connectivity index (χ1) is 5.54. The molecule has 0 spiro atoms. The summed E-state index contributed by atoms with van der Waals surface area (Å²) in [6.45, 7) is 8.26. The van der Waals surface area contributed by atoms with Gasteiger partial charge in [-0.15, -0.1) is 0 Å². The van der Waals surface area contributed by atoms with Crippen molar-refractivity contribution in [3.8, 4) is 0 Å². The van der Waals surface area contributed by atoms with Crippen LogP contribution >= 0.6 is 0 Å². The quantitative estimate of drug-likeness (QED) is 0.635. The summed E-state index contributed by atoms with van der Waals surface area (Å²) in [5.74, 6) is 1.72. The standard InChI is InChI=1S/C10H19NO/c1-10(2,3)11-5-7-4-8(7)9(11)6-12/h7-9,12H,4-6H2,1-3H3/t7-,8-,9-/m0/s1. The Bertz CT molecular complexity index is 185. The van der Waals surface area contributed by atoms with Gasteiger partial charge in [-0.2, -0.15) is 0 Å². The minimum Gasteiger partial charge on any atom is -0.395 e. The second kappa shape index (κ2) is 2.46. The zero-order valence-corrected chi connectivity index (χ0v) is 8.25. The fourth-order valence-electron chi connectivity index (χ4n) is 2.58. The summed E-state index contributed by atoms with van der Waals surface area (Å²) >= 11 is 0. The Balaban J connectivity index is 2.08. The highest BCUT2D eigenvalue weighted by Gasteiger charge is 2.54. The molecule has 2 nitrogen and oxygen atoms in total. The van der Waals surface area contributed by atoms with E-state index in [2.05, 4.69) is 25.7 Å². The van der Waals surface area contributed by atoms with Gasteiger partial charge in [0.15, 0.2) is 0 Å². The maximum atomic E-state index is 9.26. The van der Waals surface area contributed by atoms with E-state index in [1.807, 2.05) is 0 Å². The van der Waals surface area contributed by atoms with E-state index in [1.54, 1.807) is 0 Å². The van der Waals surface area contributed by atoms with Crippen LogP contribution in [-0.4, -0.2) is 34.7 Å². The van der Waals surface area contributed by atoms with Gasteiger partial charge in [0.05, 0.1) is 6.61 Å². The average molecular weight is 169 g/mol. The molecule has 1 heterocycles. The van der Waals surface area contributed by atoms with Crippen molar-refractivity contribution < 1.29 is 5.11 Å². The molecule has 0 unspecified atom stereocenters. The van der Waals surface area contributed by atoms with Crippen LogP contribution in [0.2, 0.25) is 0 Å². The van der Waals surface area contributed by atoms with Crippen molar-refractivity contribution in [3.63, 3.8) is 0 Å². The highest BCUT2D eigenvalue weighted by molar-refractivity contribution is 5.06. The van der Waals surface area contributed by atoms with Gasteiger partial charge < -0.3 is 5.11 Å². The van der Waals surface area contributed by atoms with Crippen LogP contribution in [0.4, 0.5) is 0 Å². The average Bonchev–Trinajstić information content (AvgIpc) is 2.61. The topological polar surface area (TPSA) is 23.5 Å². The van der Waals surface area contributed by atoms with E-state index in [4.69, 9.17) is 0 Å². The van der Waals surface area contributed by atoms with Crippen LogP contribution in [0.3, 0.4) is 0 Å². The first-order valence-electron chi connectivity index (χ1n) is 4.91. The predicted molar refractivity (Wildman–Crippen MR) is 48.9 cm³/mol. The van der Waals surface area contributed by atoms with Crippen LogP contribution < -0.4 is 0 Å². The SMILES string of the molecule is CC(C)(C)N1C[C@@H]2C[C@@H]2[C@@H]1CO. The lowest BCUT2D eigenvalue weighted by molar-refractivity contribution is 0.0612. The number of rotatable bonds is 1.